The number of carbonyl (C=O) groups excluding carboxylic acids is 1. The first-order valence-electron chi connectivity index (χ1n) is 7.88. The van der Waals surface area contributed by atoms with Gasteiger partial charge in [0.1, 0.15) is 0 Å². The van der Waals surface area contributed by atoms with E-state index in [-0.39, 0.29) is 17.9 Å². The van der Waals surface area contributed by atoms with E-state index in [1.807, 2.05) is 17.0 Å². The molecule has 4 nitrogen and oxygen atoms in total. The SMILES string of the molecule is COCCC(Cc1cccc(Br)c1)C(=O)N1CCCC(N)C1. The van der Waals surface area contributed by atoms with E-state index in [0.29, 0.717) is 13.2 Å². The lowest BCUT2D eigenvalue weighted by atomic mass is 9.93. The van der Waals surface area contributed by atoms with Gasteiger partial charge < -0.3 is 15.4 Å². The van der Waals surface area contributed by atoms with E-state index >= 15 is 0 Å². The first kappa shape index (κ1) is 17.4. The van der Waals surface area contributed by atoms with Crippen LogP contribution < -0.4 is 5.73 Å². The zero-order chi connectivity index (χ0) is 15.9. The van der Waals surface area contributed by atoms with E-state index in [1.54, 1.807) is 7.11 Å². The van der Waals surface area contributed by atoms with Gasteiger partial charge in [0, 0.05) is 43.2 Å². The van der Waals surface area contributed by atoms with Crippen LogP contribution in [0.2, 0.25) is 0 Å². The molecule has 0 saturated carbocycles. The number of halogens is 1. The summed E-state index contributed by atoms with van der Waals surface area (Å²) in [5, 5.41) is 0. The third-order valence-electron chi connectivity index (χ3n) is 4.16. The summed E-state index contributed by atoms with van der Waals surface area (Å²) >= 11 is 3.49. The molecule has 2 atom stereocenters. The molecule has 1 saturated heterocycles. The van der Waals surface area contributed by atoms with Crippen LogP contribution in [0.5, 0.6) is 0 Å². The average Bonchev–Trinajstić information content (AvgIpc) is 2.51. The summed E-state index contributed by atoms with van der Waals surface area (Å²) < 4.78 is 6.23. The third kappa shape index (κ3) is 5.07. The number of ether oxygens (including phenoxy) is 1. The summed E-state index contributed by atoms with van der Waals surface area (Å²) in [5.74, 6) is 0.173. The summed E-state index contributed by atoms with van der Waals surface area (Å²) in [6.07, 6.45) is 3.50. The molecule has 1 aromatic rings. The Morgan fingerprint density at radius 3 is 3.05 bits per heavy atom. The Hall–Kier alpha value is -0.910. The molecule has 1 aliphatic rings. The number of nitrogens with two attached hydrogens (primary N) is 1. The molecule has 0 radical (unpaired) electrons. The maximum atomic E-state index is 12.8. The van der Waals surface area contributed by atoms with Gasteiger partial charge in [0.15, 0.2) is 0 Å². The minimum absolute atomic E-state index is 0.0421. The van der Waals surface area contributed by atoms with Crippen LogP contribution in [0.15, 0.2) is 28.7 Å². The number of nitrogens with zero attached hydrogens (tertiary/aromatic N) is 1. The molecule has 1 fully saturated rings. The minimum atomic E-state index is -0.0421. The molecule has 0 aliphatic carbocycles. The van der Waals surface area contributed by atoms with Gasteiger partial charge in [-0.3, -0.25) is 4.79 Å². The minimum Gasteiger partial charge on any atom is -0.385 e. The largest absolute Gasteiger partial charge is 0.385 e. The van der Waals surface area contributed by atoms with Crippen LogP contribution in [0.25, 0.3) is 0 Å². The molecule has 0 spiro atoms. The molecule has 2 N–H and O–H groups in total. The van der Waals surface area contributed by atoms with Crippen molar-refractivity contribution in [2.75, 3.05) is 26.8 Å². The van der Waals surface area contributed by atoms with Crippen LogP contribution in [0.3, 0.4) is 0 Å². The Kier molecular flexibility index (Phi) is 6.86. The van der Waals surface area contributed by atoms with E-state index in [2.05, 4.69) is 28.1 Å². The highest BCUT2D eigenvalue weighted by molar-refractivity contribution is 9.10. The second-order valence-corrected chi connectivity index (χ2v) is 6.91. The molecule has 5 heteroatoms. The zero-order valence-electron chi connectivity index (χ0n) is 13.1. The Labute approximate surface area is 141 Å². The molecule has 122 valence electrons. The van der Waals surface area contributed by atoms with Gasteiger partial charge in [-0.1, -0.05) is 28.1 Å². The van der Waals surface area contributed by atoms with Crippen LogP contribution in [0.4, 0.5) is 0 Å². The Morgan fingerprint density at radius 2 is 2.36 bits per heavy atom. The fraction of sp³-hybridized carbons (Fsp3) is 0.588. The van der Waals surface area contributed by atoms with Crippen LogP contribution >= 0.6 is 15.9 Å². The van der Waals surface area contributed by atoms with Crippen molar-refractivity contribution in [3.05, 3.63) is 34.3 Å². The molecular weight excluding hydrogens is 344 g/mol. The standard InChI is InChI=1S/C17H25BrN2O2/c1-22-9-7-14(10-13-4-2-5-15(18)11-13)17(21)20-8-3-6-16(19)12-20/h2,4-5,11,14,16H,3,6-10,12,19H2,1H3. The van der Waals surface area contributed by atoms with Gasteiger partial charge in [-0.2, -0.15) is 0 Å². The summed E-state index contributed by atoms with van der Waals surface area (Å²) in [7, 11) is 1.68. The Morgan fingerprint density at radius 1 is 1.55 bits per heavy atom. The summed E-state index contributed by atoms with van der Waals surface area (Å²) in [6.45, 7) is 2.11. The van der Waals surface area contributed by atoms with Crippen molar-refractivity contribution in [1.82, 2.24) is 4.90 Å². The number of piperidine rings is 1. The van der Waals surface area contributed by atoms with Crippen molar-refractivity contribution in [1.29, 1.82) is 0 Å². The van der Waals surface area contributed by atoms with Crippen LogP contribution in [0, 0.1) is 5.92 Å². The highest BCUT2D eigenvalue weighted by atomic mass is 79.9. The average molecular weight is 369 g/mol. The fourth-order valence-electron chi connectivity index (χ4n) is 2.99. The van der Waals surface area contributed by atoms with Gasteiger partial charge in [-0.25, -0.2) is 0 Å². The molecular formula is C17H25BrN2O2. The normalized spacial score (nSPS) is 20.0. The van der Waals surface area contributed by atoms with Gasteiger partial charge in [-0.15, -0.1) is 0 Å². The molecule has 0 aromatic heterocycles. The lowest BCUT2D eigenvalue weighted by molar-refractivity contribution is -0.137. The summed E-state index contributed by atoms with van der Waals surface area (Å²) in [6, 6.07) is 8.27. The number of hydrogen-bond acceptors (Lipinski definition) is 3. The monoisotopic (exact) mass is 368 g/mol. The van der Waals surface area contributed by atoms with Gasteiger partial charge in [0.2, 0.25) is 5.91 Å². The topological polar surface area (TPSA) is 55.6 Å². The number of likely N-dealkylation sites (tertiary alicyclic amines) is 1. The van der Waals surface area contributed by atoms with E-state index in [1.165, 1.54) is 5.56 Å². The van der Waals surface area contributed by atoms with E-state index in [0.717, 1.165) is 36.7 Å². The highest BCUT2D eigenvalue weighted by Crippen LogP contribution is 2.21. The second-order valence-electron chi connectivity index (χ2n) is 6.00. The van der Waals surface area contributed by atoms with Crippen LogP contribution in [-0.4, -0.2) is 43.7 Å². The predicted octanol–water partition coefficient (Wildman–Crippen LogP) is 2.59. The third-order valence-corrected chi connectivity index (χ3v) is 4.65. The molecule has 0 bridgehead atoms. The molecule has 2 rings (SSSR count). The maximum absolute atomic E-state index is 12.8. The number of hydrogen-bond donors (Lipinski definition) is 1. The summed E-state index contributed by atoms with van der Waals surface area (Å²) in [5.41, 5.74) is 7.18. The highest BCUT2D eigenvalue weighted by Gasteiger charge is 2.27. The molecule has 1 heterocycles. The van der Waals surface area contributed by atoms with Crippen LogP contribution in [-0.2, 0) is 16.0 Å². The van der Waals surface area contributed by atoms with Gasteiger partial charge in [0.25, 0.3) is 0 Å². The molecule has 1 aliphatic heterocycles. The number of methoxy groups -OCH3 is 1. The lowest BCUT2D eigenvalue weighted by Crippen LogP contribution is -2.48. The quantitative estimate of drug-likeness (QED) is 0.839. The van der Waals surface area contributed by atoms with E-state index in [9.17, 15) is 4.79 Å². The van der Waals surface area contributed by atoms with Crippen molar-refractivity contribution in [2.45, 2.75) is 31.7 Å². The molecule has 1 aromatic carbocycles. The van der Waals surface area contributed by atoms with E-state index < -0.39 is 0 Å². The van der Waals surface area contributed by atoms with Crippen molar-refractivity contribution in [3.63, 3.8) is 0 Å². The van der Waals surface area contributed by atoms with Crippen molar-refractivity contribution in [2.24, 2.45) is 11.7 Å². The van der Waals surface area contributed by atoms with Gasteiger partial charge in [0.05, 0.1) is 0 Å². The summed E-state index contributed by atoms with van der Waals surface area (Å²) in [4.78, 5) is 14.8. The number of rotatable bonds is 6. The maximum Gasteiger partial charge on any atom is 0.226 e. The van der Waals surface area contributed by atoms with Gasteiger partial charge >= 0.3 is 0 Å². The van der Waals surface area contributed by atoms with E-state index in [4.69, 9.17) is 10.5 Å². The first-order valence-corrected chi connectivity index (χ1v) is 8.67. The number of carbonyl (C=O) groups is 1. The molecule has 1 amide bonds. The number of amides is 1. The van der Waals surface area contributed by atoms with Crippen molar-refractivity contribution < 1.29 is 9.53 Å². The zero-order valence-corrected chi connectivity index (χ0v) is 14.7. The molecule has 22 heavy (non-hydrogen) atoms. The van der Waals surface area contributed by atoms with Gasteiger partial charge in [-0.05, 0) is 43.4 Å². The predicted molar refractivity (Wildman–Crippen MR) is 91.6 cm³/mol. The lowest BCUT2D eigenvalue weighted by Gasteiger charge is -2.33. The Bertz CT molecular complexity index is 495. The fourth-order valence-corrected chi connectivity index (χ4v) is 3.44. The molecule has 2 unspecified atom stereocenters. The first-order chi connectivity index (χ1) is 10.6. The number of benzene rings is 1. The van der Waals surface area contributed by atoms with Crippen molar-refractivity contribution >= 4 is 21.8 Å². The second kappa shape index (κ2) is 8.65. The smallest absolute Gasteiger partial charge is 0.226 e. The van der Waals surface area contributed by atoms with Crippen LogP contribution in [0.1, 0.15) is 24.8 Å². The van der Waals surface area contributed by atoms with Crippen molar-refractivity contribution in [3.8, 4) is 0 Å². The Balaban J connectivity index is 2.05.